The van der Waals surface area contributed by atoms with Crippen molar-refractivity contribution in [1.82, 2.24) is 14.6 Å². The first-order valence-corrected chi connectivity index (χ1v) is 5.56. The Bertz CT molecular complexity index is 869. The molecule has 6 heteroatoms. The first-order valence-electron chi connectivity index (χ1n) is 5.56. The first-order chi connectivity index (χ1) is 9.19. The fourth-order valence-electron chi connectivity index (χ4n) is 1.93. The van der Waals surface area contributed by atoms with Crippen molar-refractivity contribution >= 4 is 11.3 Å². The molecule has 0 fully saturated rings. The highest BCUT2D eigenvalue weighted by atomic mass is 16.1. The Labute approximate surface area is 107 Å². The summed E-state index contributed by atoms with van der Waals surface area (Å²) in [7, 11) is 0. The molecule has 6 nitrogen and oxygen atoms in total. The maximum Gasteiger partial charge on any atom is 0.274 e. The van der Waals surface area contributed by atoms with Gasteiger partial charge in [-0.2, -0.15) is 14.9 Å². The van der Waals surface area contributed by atoms with Crippen LogP contribution >= 0.6 is 0 Å². The zero-order valence-corrected chi connectivity index (χ0v) is 9.79. The van der Waals surface area contributed by atoms with E-state index in [1.807, 2.05) is 12.1 Å². The highest BCUT2D eigenvalue weighted by Crippen LogP contribution is 2.19. The summed E-state index contributed by atoms with van der Waals surface area (Å²) >= 11 is 0. The summed E-state index contributed by atoms with van der Waals surface area (Å²) in [5.74, 6) is 0. The van der Waals surface area contributed by atoms with E-state index in [-0.39, 0.29) is 5.56 Å². The van der Waals surface area contributed by atoms with Crippen LogP contribution in [0.1, 0.15) is 5.56 Å². The number of anilines is 1. The van der Waals surface area contributed by atoms with Gasteiger partial charge < -0.3 is 10.7 Å². The van der Waals surface area contributed by atoms with Gasteiger partial charge in [-0.1, -0.05) is 12.1 Å². The topological polar surface area (TPSA) is 100.0 Å². The summed E-state index contributed by atoms with van der Waals surface area (Å²) in [4.78, 5) is 15.0. The fourth-order valence-corrected chi connectivity index (χ4v) is 1.93. The van der Waals surface area contributed by atoms with E-state index >= 15 is 0 Å². The smallest absolute Gasteiger partial charge is 0.274 e. The Morgan fingerprint density at radius 2 is 2.21 bits per heavy atom. The van der Waals surface area contributed by atoms with E-state index < -0.39 is 0 Å². The number of H-pyrrole nitrogens is 1. The molecule has 0 radical (unpaired) electrons. The summed E-state index contributed by atoms with van der Waals surface area (Å²) in [6.45, 7) is 0. The summed E-state index contributed by atoms with van der Waals surface area (Å²) in [5.41, 5.74) is 8.11. The van der Waals surface area contributed by atoms with Gasteiger partial charge in [0.1, 0.15) is 11.6 Å². The number of nitrogen functional groups attached to an aromatic ring is 1. The molecule has 0 saturated carbocycles. The van der Waals surface area contributed by atoms with Crippen molar-refractivity contribution in [2.75, 3.05) is 5.73 Å². The molecule has 0 amide bonds. The van der Waals surface area contributed by atoms with Crippen LogP contribution in [-0.2, 0) is 0 Å². The molecule has 1 aromatic carbocycles. The highest BCUT2D eigenvalue weighted by Gasteiger charge is 2.09. The normalized spacial score (nSPS) is 10.5. The zero-order chi connectivity index (χ0) is 13.4. The lowest BCUT2D eigenvalue weighted by atomic mass is 10.1. The largest absolute Gasteiger partial charge is 0.399 e. The molecule has 2 aromatic heterocycles. The van der Waals surface area contributed by atoms with Crippen molar-refractivity contribution in [1.29, 1.82) is 5.26 Å². The Morgan fingerprint density at radius 3 is 2.95 bits per heavy atom. The molecule has 0 aliphatic heterocycles. The average Bonchev–Trinajstić information content (AvgIpc) is 2.82. The third-order valence-corrected chi connectivity index (χ3v) is 2.82. The second-order valence-corrected chi connectivity index (χ2v) is 4.08. The van der Waals surface area contributed by atoms with Crippen LogP contribution in [0.2, 0.25) is 0 Å². The van der Waals surface area contributed by atoms with Crippen molar-refractivity contribution in [3.8, 4) is 17.3 Å². The molecule has 3 rings (SSSR count). The molecule has 0 aliphatic rings. The van der Waals surface area contributed by atoms with Crippen molar-refractivity contribution in [3.05, 3.63) is 52.4 Å². The van der Waals surface area contributed by atoms with E-state index in [0.29, 0.717) is 22.6 Å². The lowest BCUT2D eigenvalue weighted by molar-refractivity contribution is 0.901. The van der Waals surface area contributed by atoms with E-state index in [2.05, 4.69) is 10.1 Å². The van der Waals surface area contributed by atoms with Crippen molar-refractivity contribution in [3.63, 3.8) is 0 Å². The number of hydrogen-bond donors (Lipinski definition) is 2. The Kier molecular flexibility index (Phi) is 2.32. The van der Waals surface area contributed by atoms with Crippen molar-refractivity contribution in [2.24, 2.45) is 0 Å². The molecule has 3 aromatic rings. The first kappa shape index (κ1) is 11.0. The number of nitrogens with zero attached hydrogens (tertiary/aromatic N) is 3. The van der Waals surface area contributed by atoms with Gasteiger partial charge >= 0.3 is 0 Å². The van der Waals surface area contributed by atoms with Crippen LogP contribution in [0.3, 0.4) is 0 Å². The van der Waals surface area contributed by atoms with Gasteiger partial charge in [-0.05, 0) is 12.1 Å². The number of rotatable bonds is 1. The van der Waals surface area contributed by atoms with Crippen LogP contribution in [0.15, 0.2) is 41.3 Å². The monoisotopic (exact) mass is 251 g/mol. The summed E-state index contributed by atoms with van der Waals surface area (Å²) < 4.78 is 1.16. The lowest BCUT2D eigenvalue weighted by Gasteiger charge is -2.04. The van der Waals surface area contributed by atoms with Crippen LogP contribution in [0, 0.1) is 11.3 Å². The third-order valence-electron chi connectivity index (χ3n) is 2.82. The minimum atomic E-state index is -0.298. The van der Waals surface area contributed by atoms with Gasteiger partial charge in [-0.3, -0.25) is 4.79 Å². The average molecular weight is 251 g/mol. The van der Waals surface area contributed by atoms with Crippen molar-refractivity contribution in [2.45, 2.75) is 0 Å². The van der Waals surface area contributed by atoms with Crippen LogP contribution in [0.25, 0.3) is 16.9 Å². The number of nitrogens with one attached hydrogen (secondary N) is 1. The lowest BCUT2D eigenvalue weighted by Crippen LogP contribution is -2.14. The van der Waals surface area contributed by atoms with Crippen LogP contribution < -0.4 is 11.3 Å². The van der Waals surface area contributed by atoms with Gasteiger partial charge in [0.2, 0.25) is 0 Å². The number of nitrogens with two attached hydrogens (primary N) is 1. The minimum absolute atomic E-state index is 0.298. The quantitative estimate of drug-likeness (QED) is 0.633. The van der Waals surface area contributed by atoms with Gasteiger partial charge in [0.15, 0.2) is 5.65 Å². The number of aromatic amines is 1. The maximum atomic E-state index is 11.9. The second kappa shape index (κ2) is 3.99. The molecule has 19 heavy (non-hydrogen) atoms. The molecular weight excluding hydrogens is 242 g/mol. The van der Waals surface area contributed by atoms with Gasteiger partial charge in [0.05, 0.1) is 11.9 Å². The third kappa shape index (κ3) is 1.73. The molecule has 0 saturated heterocycles. The Balaban J connectivity index is 2.32. The highest BCUT2D eigenvalue weighted by molar-refractivity contribution is 5.67. The van der Waals surface area contributed by atoms with E-state index in [0.717, 1.165) is 10.1 Å². The molecule has 0 spiro atoms. The number of fused-ring (bicyclic) bond motifs is 1. The van der Waals surface area contributed by atoms with Gasteiger partial charge in [0.25, 0.3) is 5.56 Å². The van der Waals surface area contributed by atoms with Crippen LogP contribution in [-0.4, -0.2) is 14.6 Å². The van der Waals surface area contributed by atoms with E-state index in [1.54, 1.807) is 18.2 Å². The Hall–Kier alpha value is -3.07. The van der Waals surface area contributed by atoms with Crippen LogP contribution in [0.5, 0.6) is 0 Å². The predicted octanol–water partition coefficient (Wildman–Crippen LogP) is 1.14. The summed E-state index contributed by atoms with van der Waals surface area (Å²) in [6.07, 6.45) is 1.36. The van der Waals surface area contributed by atoms with Crippen LogP contribution in [0.4, 0.5) is 5.69 Å². The summed E-state index contributed by atoms with van der Waals surface area (Å²) in [5, 5.41) is 12.8. The number of aromatic nitrogens is 3. The molecular formula is C13H9N5O. The molecule has 92 valence electrons. The zero-order valence-electron chi connectivity index (χ0n) is 9.79. The number of benzene rings is 1. The second-order valence-electron chi connectivity index (χ2n) is 4.08. The minimum Gasteiger partial charge on any atom is -0.399 e. The molecule has 3 N–H and O–H groups in total. The summed E-state index contributed by atoms with van der Waals surface area (Å²) in [6, 6.07) is 10.6. The van der Waals surface area contributed by atoms with Gasteiger partial charge in [-0.25, -0.2) is 0 Å². The maximum absolute atomic E-state index is 11.9. The van der Waals surface area contributed by atoms with E-state index in [4.69, 9.17) is 11.0 Å². The number of nitriles is 1. The standard InChI is InChI=1S/C13H9N5O/c14-6-9-7-16-18-12(19)5-11(17-13(9)18)8-2-1-3-10(15)4-8/h1-5,7,17H,15H2. The molecule has 0 bridgehead atoms. The number of hydrogen-bond acceptors (Lipinski definition) is 4. The SMILES string of the molecule is N#Cc1cnn2c(=O)cc(-c3cccc(N)c3)[nH]c12. The van der Waals surface area contributed by atoms with E-state index in [9.17, 15) is 4.79 Å². The Morgan fingerprint density at radius 1 is 1.37 bits per heavy atom. The molecule has 0 unspecified atom stereocenters. The van der Waals surface area contributed by atoms with Gasteiger partial charge in [-0.15, -0.1) is 0 Å². The fraction of sp³-hybridized carbons (Fsp3) is 0. The van der Waals surface area contributed by atoms with Crippen molar-refractivity contribution < 1.29 is 0 Å². The predicted molar refractivity (Wildman–Crippen MR) is 70.4 cm³/mol. The van der Waals surface area contributed by atoms with Gasteiger partial charge in [0, 0.05) is 17.3 Å². The molecule has 0 atom stereocenters. The molecule has 0 aliphatic carbocycles. The van der Waals surface area contributed by atoms with E-state index in [1.165, 1.54) is 12.3 Å². The molecule has 2 heterocycles.